The Hall–Kier alpha value is -0.770. The summed E-state index contributed by atoms with van der Waals surface area (Å²) >= 11 is 1.40. The third-order valence-corrected chi connectivity index (χ3v) is 8.98. The Morgan fingerprint density at radius 3 is 2.23 bits per heavy atom. The first-order valence-corrected chi connectivity index (χ1v) is 9.15. The van der Waals surface area contributed by atoms with E-state index in [9.17, 15) is 9.59 Å². The second-order valence-corrected chi connectivity index (χ2v) is 9.14. The number of rotatable bonds is 2. The van der Waals surface area contributed by atoms with Crippen molar-refractivity contribution < 1.29 is 9.59 Å². The molecule has 0 aromatic heterocycles. The van der Waals surface area contributed by atoms with E-state index in [1.165, 1.54) is 22.9 Å². The maximum absolute atomic E-state index is 12.6. The molecule has 22 heavy (non-hydrogen) atoms. The topological polar surface area (TPSA) is 37.4 Å². The second-order valence-electron chi connectivity index (χ2n) is 8.04. The third kappa shape index (κ3) is 1.37. The van der Waals surface area contributed by atoms with Crippen molar-refractivity contribution in [2.45, 2.75) is 72.6 Å². The Bertz CT molecular complexity index is 608. The van der Waals surface area contributed by atoms with E-state index in [-0.39, 0.29) is 38.7 Å². The van der Waals surface area contributed by atoms with Crippen LogP contribution >= 0.6 is 11.8 Å². The van der Waals surface area contributed by atoms with Crippen molar-refractivity contribution in [3.63, 3.8) is 0 Å². The van der Waals surface area contributed by atoms with Crippen LogP contribution in [0.5, 0.6) is 0 Å². The van der Waals surface area contributed by atoms with E-state index < -0.39 is 0 Å². The number of imide groups is 1. The minimum atomic E-state index is -0.126. The monoisotopic (exact) mass is 321 g/mol. The Morgan fingerprint density at radius 1 is 1.14 bits per heavy atom. The predicted octanol–water partition coefficient (Wildman–Crippen LogP) is 4.62. The van der Waals surface area contributed by atoms with Crippen LogP contribution < -0.4 is 0 Å². The lowest BCUT2D eigenvalue weighted by molar-refractivity contribution is -0.131. The molecule has 2 amide bonds. The van der Waals surface area contributed by atoms with Crippen LogP contribution in [-0.2, 0) is 4.79 Å². The molecule has 4 atom stereocenters. The molecule has 4 heteroatoms. The van der Waals surface area contributed by atoms with E-state index >= 15 is 0 Å². The van der Waals surface area contributed by atoms with Gasteiger partial charge in [0.25, 0.3) is 5.24 Å². The predicted molar refractivity (Wildman–Crippen MR) is 90.7 cm³/mol. The summed E-state index contributed by atoms with van der Waals surface area (Å²) in [5.74, 6) is 0.00567. The number of amides is 2. The van der Waals surface area contributed by atoms with Crippen LogP contribution in [0.25, 0.3) is 0 Å². The lowest BCUT2D eigenvalue weighted by Crippen LogP contribution is -2.51. The fraction of sp³-hybridized carbons (Fsp3) is 0.778. The molecule has 2 bridgehead atoms. The van der Waals surface area contributed by atoms with Crippen molar-refractivity contribution >= 4 is 22.9 Å². The van der Waals surface area contributed by atoms with Gasteiger partial charge in [0, 0.05) is 22.5 Å². The van der Waals surface area contributed by atoms with Crippen molar-refractivity contribution in [2.75, 3.05) is 0 Å². The minimum Gasteiger partial charge on any atom is -0.274 e. The molecule has 122 valence electrons. The van der Waals surface area contributed by atoms with Gasteiger partial charge in [0.05, 0.1) is 6.04 Å². The third-order valence-electron chi connectivity index (χ3n) is 7.60. The summed E-state index contributed by atoms with van der Waals surface area (Å²) < 4.78 is 0. The molecule has 0 aromatic rings. The molecular weight excluding hydrogens is 294 g/mol. The fourth-order valence-corrected chi connectivity index (χ4v) is 7.26. The van der Waals surface area contributed by atoms with Gasteiger partial charge in [-0.3, -0.25) is 14.5 Å². The van der Waals surface area contributed by atoms with Gasteiger partial charge in [-0.05, 0) is 25.7 Å². The van der Waals surface area contributed by atoms with E-state index in [1.54, 1.807) is 4.90 Å². The van der Waals surface area contributed by atoms with Gasteiger partial charge in [0.1, 0.15) is 0 Å². The van der Waals surface area contributed by atoms with Crippen molar-refractivity contribution in [1.29, 1.82) is 0 Å². The summed E-state index contributed by atoms with van der Waals surface area (Å²) in [6, 6.07) is 0.00718. The molecule has 3 aliphatic rings. The quantitative estimate of drug-likeness (QED) is 0.696. The van der Waals surface area contributed by atoms with Gasteiger partial charge < -0.3 is 0 Å². The average Bonchev–Trinajstić information content (AvgIpc) is 2.89. The van der Waals surface area contributed by atoms with Crippen LogP contribution in [0, 0.1) is 16.2 Å². The summed E-state index contributed by atoms with van der Waals surface area (Å²) in [4.78, 5) is 26.8. The maximum atomic E-state index is 12.6. The van der Waals surface area contributed by atoms with Crippen molar-refractivity contribution in [2.24, 2.45) is 16.2 Å². The first kappa shape index (κ1) is 16.1. The number of thioether (sulfide) groups is 1. The number of fused-ring (bicyclic) bond motifs is 5. The summed E-state index contributed by atoms with van der Waals surface area (Å²) in [5.41, 5.74) is 2.69. The Labute approximate surface area is 137 Å². The van der Waals surface area contributed by atoms with Crippen LogP contribution in [0.15, 0.2) is 11.1 Å². The molecule has 0 spiro atoms. The molecule has 0 aromatic carbocycles. The van der Waals surface area contributed by atoms with Gasteiger partial charge in [-0.1, -0.05) is 57.5 Å². The summed E-state index contributed by atoms with van der Waals surface area (Å²) in [6.07, 6.45) is 1.25. The molecule has 0 unspecified atom stereocenters. The largest absolute Gasteiger partial charge is 0.288 e. The minimum absolute atomic E-state index is 0.00567. The van der Waals surface area contributed by atoms with E-state index in [0.29, 0.717) is 6.42 Å². The van der Waals surface area contributed by atoms with E-state index in [2.05, 4.69) is 41.5 Å². The van der Waals surface area contributed by atoms with Gasteiger partial charge in [-0.25, -0.2) is 0 Å². The number of hydrogen-bond donors (Lipinski definition) is 0. The van der Waals surface area contributed by atoms with Crippen LogP contribution in [0.1, 0.15) is 61.3 Å². The van der Waals surface area contributed by atoms with Crippen LogP contribution in [0.2, 0.25) is 0 Å². The molecule has 3 nitrogen and oxygen atoms in total. The smallest absolute Gasteiger partial charge is 0.274 e. The number of carbonyl (C=O) groups excluding carboxylic acids is 2. The van der Waals surface area contributed by atoms with Crippen LogP contribution in [0.4, 0.5) is 4.79 Å². The molecular formula is C18H27NO2S. The maximum Gasteiger partial charge on any atom is 0.288 e. The molecule has 1 saturated carbocycles. The molecule has 1 aliphatic heterocycles. The van der Waals surface area contributed by atoms with Crippen molar-refractivity contribution in [3.05, 3.63) is 11.1 Å². The summed E-state index contributed by atoms with van der Waals surface area (Å²) in [6.45, 7) is 15.6. The lowest BCUT2D eigenvalue weighted by atomic mass is 9.62. The van der Waals surface area contributed by atoms with Crippen LogP contribution in [0.3, 0.4) is 0 Å². The molecule has 1 heterocycles. The van der Waals surface area contributed by atoms with Gasteiger partial charge in [-0.15, -0.1) is 0 Å². The number of nitrogens with zero attached hydrogens (tertiary/aromatic N) is 1. The SMILES string of the molecule is CCCC(=O)N1C(=O)S[C@@H]2[C@H]1[C@]1(C)C(C)=C(C)[C@@]2(C)C1(C)C. The van der Waals surface area contributed by atoms with Gasteiger partial charge in [0.2, 0.25) is 5.91 Å². The van der Waals surface area contributed by atoms with Crippen molar-refractivity contribution in [1.82, 2.24) is 4.90 Å². The Kier molecular flexibility index (Phi) is 3.22. The second kappa shape index (κ2) is 4.40. The molecule has 1 saturated heterocycles. The average molecular weight is 321 g/mol. The number of hydrogen-bond acceptors (Lipinski definition) is 3. The Balaban J connectivity index is 2.17. The zero-order chi connectivity index (χ0) is 16.7. The first-order chi connectivity index (χ1) is 10.1. The normalized spacial score (nSPS) is 42.3. The van der Waals surface area contributed by atoms with E-state index in [4.69, 9.17) is 0 Å². The summed E-state index contributed by atoms with van der Waals surface area (Å²) in [5, 5.41) is 0.147. The number of allylic oxidation sites excluding steroid dienone is 1. The fourth-order valence-electron chi connectivity index (χ4n) is 5.48. The van der Waals surface area contributed by atoms with Crippen LogP contribution in [-0.4, -0.2) is 27.3 Å². The standard InChI is InChI=1S/C18H27NO2S/c1-8-9-12(20)19-13-14(22-15(19)21)18(7)11(3)10(2)17(13,6)16(18,4)5/h13-14H,8-9H2,1-7H3/t13-,14+,17-,18+/m0/s1. The lowest BCUT2D eigenvalue weighted by Gasteiger charge is -2.44. The van der Waals surface area contributed by atoms with Gasteiger partial charge >= 0.3 is 0 Å². The first-order valence-electron chi connectivity index (χ1n) is 8.27. The molecule has 2 aliphatic carbocycles. The highest BCUT2D eigenvalue weighted by molar-refractivity contribution is 8.14. The van der Waals surface area contributed by atoms with E-state index in [1.807, 2.05) is 6.92 Å². The summed E-state index contributed by atoms with van der Waals surface area (Å²) in [7, 11) is 0. The molecule has 2 fully saturated rings. The zero-order valence-corrected chi connectivity index (χ0v) is 15.6. The zero-order valence-electron chi connectivity index (χ0n) is 14.7. The molecule has 0 N–H and O–H groups in total. The Morgan fingerprint density at radius 2 is 1.68 bits per heavy atom. The number of carbonyl (C=O) groups is 2. The molecule has 3 rings (SSSR count). The molecule has 0 radical (unpaired) electrons. The van der Waals surface area contributed by atoms with Gasteiger partial charge in [-0.2, -0.15) is 0 Å². The van der Waals surface area contributed by atoms with Gasteiger partial charge in [0.15, 0.2) is 0 Å². The van der Waals surface area contributed by atoms with Crippen molar-refractivity contribution in [3.8, 4) is 0 Å². The highest BCUT2D eigenvalue weighted by Crippen LogP contribution is 2.78. The highest BCUT2D eigenvalue weighted by atomic mass is 32.2. The van der Waals surface area contributed by atoms with E-state index in [0.717, 1.165) is 6.42 Å². The highest BCUT2D eigenvalue weighted by Gasteiger charge is 2.78.